The van der Waals surface area contributed by atoms with E-state index in [9.17, 15) is 18.0 Å². The fraction of sp³-hybridized carbons (Fsp3) is 0.273. The number of thiazole rings is 1. The van der Waals surface area contributed by atoms with Crippen LogP contribution in [0.3, 0.4) is 0 Å². The first kappa shape index (κ1) is 22.7. The lowest BCUT2D eigenvalue weighted by molar-refractivity contribution is -0.192. The summed E-state index contributed by atoms with van der Waals surface area (Å²) in [6.45, 7) is 1.91. The molecule has 0 aliphatic carbocycles. The van der Waals surface area contributed by atoms with Crippen LogP contribution in [0.4, 0.5) is 13.2 Å². The Labute approximate surface area is 190 Å². The summed E-state index contributed by atoms with van der Waals surface area (Å²) in [4.78, 5) is 32.8. The minimum absolute atomic E-state index is 0.0667. The van der Waals surface area contributed by atoms with E-state index in [-0.39, 0.29) is 5.91 Å². The van der Waals surface area contributed by atoms with Crippen molar-refractivity contribution in [2.75, 3.05) is 13.2 Å². The number of aliphatic carboxylic acids is 1. The Morgan fingerprint density at radius 2 is 2.00 bits per heavy atom. The SMILES string of the molecule is O=C(O)C(F)(F)F.O=C1c2c(C3=COCC3)ccnc2CN1CCc1nc2ccccc2s1. The highest BCUT2D eigenvalue weighted by atomic mass is 32.1. The van der Waals surface area contributed by atoms with Gasteiger partial charge in [0.1, 0.15) is 0 Å². The number of ether oxygens (including phenoxy) is 1. The zero-order valence-corrected chi connectivity index (χ0v) is 17.9. The Balaban J connectivity index is 0.000000325. The van der Waals surface area contributed by atoms with Crippen LogP contribution in [0.5, 0.6) is 0 Å². The molecule has 11 heteroatoms. The Kier molecular flexibility index (Phi) is 6.32. The molecular formula is C22H18F3N3O4S. The number of carbonyl (C=O) groups is 2. The summed E-state index contributed by atoms with van der Waals surface area (Å²) in [7, 11) is 0. The fourth-order valence-corrected chi connectivity index (χ4v) is 4.52. The van der Waals surface area contributed by atoms with Crippen molar-refractivity contribution in [3.63, 3.8) is 0 Å². The maximum atomic E-state index is 13.0. The van der Waals surface area contributed by atoms with Crippen LogP contribution in [0.2, 0.25) is 0 Å². The molecule has 1 amide bonds. The Morgan fingerprint density at radius 1 is 1.24 bits per heavy atom. The van der Waals surface area contributed by atoms with E-state index in [0.717, 1.165) is 45.8 Å². The number of carboxylic acid groups (broad SMARTS) is 1. The van der Waals surface area contributed by atoms with Gasteiger partial charge in [-0.15, -0.1) is 11.3 Å². The Morgan fingerprint density at radius 3 is 2.67 bits per heavy atom. The average molecular weight is 477 g/mol. The molecule has 0 saturated carbocycles. The van der Waals surface area contributed by atoms with Crippen molar-refractivity contribution >= 4 is 39.0 Å². The molecule has 0 radical (unpaired) electrons. The van der Waals surface area contributed by atoms with Crippen LogP contribution in [-0.2, 0) is 22.5 Å². The molecule has 0 saturated heterocycles. The van der Waals surface area contributed by atoms with Gasteiger partial charge in [0, 0.05) is 25.6 Å². The van der Waals surface area contributed by atoms with Gasteiger partial charge >= 0.3 is 12.1 Å². The van der Waals surface area contributed by atoms with E-state index < -0.39 is 12.1 Å². The fourth-order valence-electron chi connectivity index (χ4n) is 3.57. The van der Waals surface area contributed by atoms with Crippen molar-refractivity contribution in [1.82, 2.24) is 14.9 Å². The highest BCUT2D eigenvalue weighted by Crippen LogP contribution is 2.32. The van der Waals surface area contributed by atoms with Crippen LogP contribution in [0.1, 0.15) is 33.0 Å². The lowest BCUT2D eigenvalue weighted by Crippen LogP contribution is -2.26. The molecule has 0 fully saturated rings. The molecule has 4 heterocycles. The lowest BCUT2D eigenvalue weighted by atomic mass is 9.99. The van der Waals surface area contributed by atoms with Crippen LogP contribution >= 0.6 is 11.3 Å². The normalized spacial score (nSPS) is 15.1. The average Bonchev–Trinajstić information content (AvgIpc) is 3.51. The summed E-state index contributed by atoms with van der Waals surface area (Å²) >= 11 is 1.70. The van der Waals surface area contributed by atoms with Gasteiger partial charge < -0.3 is 14.7 Å². The molecule has 2 aromatic heterocycles. The lowest BCUT2D eigenvalue weighted by Gasteiger charge is -2.14. The second kappa shape index (κ2) is 9.18. The summed E-state index contributed by atoms with van der Waals surface area (Å²) in [6.07, 6.45) is 0.0833. The third-order valence-electron chi connectivity index (χ3n) is 5.11. The molecule has 1 aromatic carbocycles. The maximum absolute atomic E-state index is 13.0. The third-order valence-corrected chi connectivity index (χ3v) is 6.20. The van der Waals surface area contributed by atoms with E-state index in [4.69, 9.17) is 14.6 Å². The molecule has 5 rings (SSSR count). The third kappa shape index (κ3) is 4.98. The van der Waals surface area contributed by atoms with E-state index in [1.807, 2.05) is 29.2 Å². The minimum Gasteiger partial charge on any atom is -0.501 e. The van der Waals surface area contributed by atoms with Gasteiger partial charge in [-0.05, 0) is 29.3 Å². The van der Waals surface area contributed by atoms with Crippen LogP contribution in [0.15, 0.2) is 42.8 Å². The highest BCUT2D eigenvalue weighted by Gasteiger charge is 2.38. The molecule has 0 unspecified atom stereocenters. The number of carboxylic acids is 1. The molecule has 0 bridgehead atoms. The Bertz CT molecular complexity index is 1210. The summed E-state index contributed by atoms with van der Waals surface area (Å²) in [5.41, 5.74) is 4.70. The van der Waals surface area contributed by atoms with Gasteiger partial charge in [0.15, 0.2) is 0 Å². The van der Waals surface area contributed by atoms with Crippen molar-refractivity contribution in [2.45, 2.75) is 25.6 Å². The second-order valence-corrected chi connectivity index (χ2v) is 8.41. The van der Waals surface area contributed by atoms with Gasteiger partial charge in [-0.25, -0.2) is 9.78 Å². The van der Waals surface area contributed by atoms with Gasteiger partial charge in [-0.2, -0.15) is 13.2 Å². The summed E-state index contributed by atoms with van der Waals surface area (Å²) in [5.74, 6) is -2.69. The van der Waals surface area contributed by atoms with Crippen LogP contribution in [0, 0.1) is 0 Å². The molecule has 0 atom stereocenters. The number of aromatic nitrogens is 2. The number of alkyl halides is 3. The standard InChI is InChI=1S/C20H17N3O2S.C2HF3O2/c24-20-19-14(13-7-10-25-12-13)5-8-21-16(19)11-23(20)9-6-18-22-15-3-1-2-4-17(15)26-18;3-2(4,5)1(6)7/h1-5,8,12H,6-7,9-11H2;(H,6,7). The highest BCUT2D eigenvalue weighted by molar-refractivity contribution is 7.18. The minimum atomic E-state index is -5.08. The van der Waals surface area contributed by atoms with E-state index in [1.54, 1.807) is 23.8 Å². The predicted octanol–water partition coefficient (Wildman–Crippen LogP) is 4.28. The maximum Gasteiger partial charge on any atom is 0.490 e. The van der Waals surface area contributed by atoms with E-state index in [0.29, 0.717) is 19.7 Å². The molecule has 3 aromatic rings. The van der Waals surface area contributed by atoms with Gasteiger partial charge in [-0.1, -0.05) is 12.1 Å². The summed E-state index contributed by atoms with van der Waals surface area (Å²) < 4.78 is 38.3. The summed E-state index contributed by atoms with van der Waals surface area (Å²) in [5, 5.41) is 8.19. The largest absolute Gasteiger partial charge is 0.501 e. The molecule has 1 N–H and O–H groups in total. The zero-order chi connectivity index (χ0) is 23.6. The van der Waals surface area contributed by atoms with E-state index >= 15 is 0 Å². The number of rotatable bonds is 4. The quantitative estimate of drug-likeness (QED) is 0.603. The van der Waals surface area contributed by atoms with Gasteiger partial charge in [0.05, 0.1) is 45.9 Å². The van der Waals surface area contributed by atoms with Crippen LogP contribution < -0.4 is 0 Å². The van der Waals surface area contributed by atoms with Crippen molar-refractivity contribution < 1.29 is 32.6 Å². The number of fused-ring (bicyclic) bond motifs is 2. The Hall–Kier alpha value is -3.47. The van der Waals surface area contributed by atoms with Crippen molar-refractivity contribution in [3.8, 4) is 0 Å². The molecule has 172 valence electrons. The number of carbonyl (C=O) groups excluding carboxylic acids is 1. The zero-order valence-electron chi connectivity index (χ0n) is 17.1. The molecular weight excluding hydrogens is 459 g/mol. The van der Waals surface area contributed by atoms with Crippen molar-refractivity contribution in [2.24, 2.45) is 0 Å². The van der Waals surface area contributed by atoms with Crippen molar-refractivity contribution in [3.05, 3.63) is 64.6 Å². The predicted molar refractivity (Wildman–Crippen MR) is 115 cm³/mol. The number of pyridine rings is 1. The van der Waals surface area contributed by atoms with Crippen molar-refractivity contribution in [1.29, 1.82) is 0 Å². The van der Waals surface area contributed by atoms with Crippen LogP contribution in [-0.4, -0.2) is 51.2 Å². The first-order valence-electron chi connectivity index (χ1n) is 9.97. The molecule has 33 heavy (non-hydrogen) atoms. The monoisotopic (exact) mass is 477 g/mol. The smallest absolute Gasteiger partial charge is 0.490 e. The molecule has 7 nitrogen and oxygen atoms in total. The number of para-hydroxylation sites is 1. The van der Waals surface area contributed by atoms with Gasteiger partial charge in [0.2, 0.25) is 0 Å². The first-order chi connectivity index (χ1) is 15.7. The van der Waals surface area contributed by atoms with Gasteiger partial charge in [-0.3, -0.25) is 9.78 Å². The molecule has 2 aliphatic heterocycles. The summed E-state index contributed by atoms with van der Waals surface area (Å²) in [6, 6.07) is 10.1. The number of amides is 1. The number of halogens is 3. The number of hydrogen-bond acceptors (Lipinski definition) is 6. The number of nitrogens with zero attached hydrogens (tertiary/aromatic N) is 3. The topological polar surface area (TPSA) is 92.6 Å². The molecule has 2 aliphatic rings. The van der Waals surface area contributed by atoms with Gasteiger partial charge in [0.25, 0.3) is 5.91 Å². The molecule has 0 spiro atoms. The second-order valence-electron chi connectivity index (χ2n) is 7.30. The van der Waals surface area contributed by atoms with E-state index in [2.05, 4.69) is 16.0 Å². The number of hydrogen-bond donors (Lipinski definition) is 1. The number of benzene rings is 1. The van der Waals surface area contributed by atoms with E-state index in [1.165, 1.54) is 4.70 Å². The first-order valence-corrected chi connectivity index (χ1v) is 10.8. The van der Waals surface area contributed by atoms with Crippen LogP contribution in [0.25, 0.3) is 15.8 Å².